The zero-order chi connectivity index (χ0) is 14.8. The standard InChI is InChI=1S/C16H16N4O/c1-3-14-15(13-8-5-4-6-9-13)12(2)18-20(14)16(21)19-11-7-10-17-19/h4-11H,3H2,1-2H3. The molecule has 5 heteroatoms. The van der Waals surface area contributed by atoms with Crippen LogP contribution in [0.15, 0.2) is 48.8 Å². The predicted molar refractivity (Wildman–Crippen MR) is 80.2 cm³/mol. The fourth-order valence-corrected chi connectivity index (χ4v) is 2.52. The second kappa shape index (κ2) is 5.36. The molecule has 0 aliphatic carbocycles. The molecule has 0 spiro atoms. The molecule has 106 valence electrons. The van der Waals surface area contributed by atoms with Crippen LogP contribution in [0.2, 0.25) is 0 Å². The van der Waals surface area contributed by atoms with E-state index in [4.69, 9.17) is 0 Å². The minimum Gasteiger partial charge on any atom is -0.244 e. The fraction of sp³-hybridized carbons (Fsp3) is 0.188. The highest BCUT2D eigenvalue weighted by Gasteiger charge is 2.20. The van der Waals surface area contributed by atoms with Crippen LogP contribution in [0.25, 0.3) is 11.1 Å². The Morgan fingerprint density at radius 2 is 1.95 bits per heavy atom. The average Bonchev–Trinajstić information content (AvgIpc) is 3.14. The lowest BCUT2D eigenvalue weighted by Crippen LogP contribution is -2.23. The third-order valence-corrected chi connectivity index (χ3v) is 3.43. The molecule has 5 nitrogen and oxygen atoms in total. The summed E-state index contributed by atoms with van der Waals surface area (Å²) in [5.41, 5.74) is 3.85. The van der Waals surface area contributed by atoms with Crippen LogP contribution in [-0.2, 0) is 6.42 Å². The number of aromatic nitrogens is 4. The molecule has 0 fully saturated rings. The molecule has 3 rings (SSSR count). The summed E-state index contributed by atoms with van der Waals surface area (Å²) in [6.07, 6.45) is 3.93. The molecular formula is C16H16N4O. The zero-order valence-corrected chi connectivity index (χ0v) is 12.0. The van der Waals surface area contributed by atoms with E-state index in [9.17, 15) is 4.79 Å². The van der Waals surface area contributed by atoms with E-state index >= 15 is 0 Å². The van der Waals surface area contributed by atoms with E-state index in [-0.39, 0.29) is 6.03 Å². The van der Waals surface area contributed by atoms with Crippen molar-refractivity contribution in [2.45, 2.75) is 20.3 Å². The van der Waals surface area contributed by atoms with Crippen LogP contribution in [0, 0.1) is 6.92 Å². The normalized spacial score (nSPS) is 10.8. The fourth-order valence-electron chi connectivity index (χ4n) is 2.52. The zero-order valence-electron chi connectivity index (χ0n) is 12.0. The summed E-state index contributed by atoms with van der Waals surface area (Å²) in [4.78, 5) is 12.5. The van der Waals surface area contributed by atoms with Gasteiger partial charge in [0.15, 0.2) is 0 Å². The number of hydrogen-bond donors (Lipinski definition) is 0. The Morgan fingerprint density at radius 1 is 1.19 bits per heavy atom. The molecule has 0 saturated heterocycles. The minimum atomic E-state index is -0.262. The molecule has 0 aliphatic heterocycles. The van der Waals surface area contributed by atoms with E-state index in [1.54, 1.807) is 18.5 Å². The summed E-state index contributed by atoms with van der Waals surface area (Å²) in [6, 6.07) is 11.5. The van der Waals surface area contributed by atoms with Gasteiger partial charge in [0, 0.05) is 18.0 Å². The predicted octanol–water partition coefficient (Wildman–Crippen LogP) is 3.13. The van der Waals surface area contributed by atoms with Crippen molar-refractivity contribution in [2.75, 3.05) is 0 Å². The highest BCUT2D eigenvalue weighted by Crippen LogP contribution is 2.27. The molecule has 2 heterocycles. The van der Waals surface area contributed by atoms with Crippen LogP contribution in [0.3, 0.4) is 0 Å². The SMILES string of the molecule is CCc1c(-c2ccccc2)c(C)nn1C(=O)n1cccn1. The summed E-state index contributed by atoms with van der Waals surface area (Å²) >= 11 is 0. The van der Waals surface area contributed by atoms with Gasteiger partial charge in [-0.25, -0.2) is 4.79 Å². The van der Waals surface area contributed by atoms with Gasteiger partial charge in [-0.15, -0.1) is 0 Å². The molecule has 0 unspecified atom stereocenters. The Balaban J connectivity index is 2.14. The number of carbonyl (C=O) groups is 1. The third kappa shape index (κ3) is 2.27. The Kier molecular flexibility index (Phi) is 3.39. The monoisotopic (exact) mass is 280 g/mol. The second-order valence-electron chi connectivity index (χ2n) is 4.77. The molecule has 0 saturated carbocycles. The van der Waals surface area contributed by atoms with Gasteiger partial charge >= 0.3 is 6.03 Å². The summed E-state index contributed by atoms with van der Waals surface area (Å²) in [7, 11) is 0. The topological polar surface area (TPSA) is 52.7 Å². The molecule has 21 heavy (non-hydrogen) atoms. The number of benzene rings is 1. The van der Waals surface area contributed by atoms with Crippen LogP contribution < -0.4 is 0 Å². The molecule has 0 amide bonds. The van der Waals surface area contributed by atoms with E-state index in [1.165, 1.54) is 9.36 Å². The molecule has 0 radical (unpaired) electrons. The largest absolute Gasteiger partial charge is 0.369 e. The van der Waals surface area contributed by atoms with Gasteiger partial charge in [-0.05, 0) is 25.0 Å². The molecule has 0 aliphatic rings. The molecule has 3 aromatic rings. The number of carbonyl (C=O) groups excluding carboxylic acids is 1. The molecule has 1 aromatic carbocycles. The van der Waals surface area contributed by atoms with Crippen molar-refractivity contribution in [1.82, 2.24) is 19.6 Å². The van der Waals surface area contributed by atoms with Gasteiger partial charge in [0.05, 0.1) is 11.4 Å². The van der Waals surface area contributed by atoms with Gasteiger partial charge in [-0.3, -0.25) is 0 Å². The first-order valence-corrected chi connectivity index (χ1v) is 6.90. The van der Waals surface area contributed by atoms with Crippen molar-refractivity contribution in [1.29, 1.82) is 0 Å². The number of rotatable bonds is 2. The van der Waals surface area contributed by atoms with Gasteiger partial charge in [-0.2, -0.15) is 19.6 Å². The van der Waals surface area contributed by atoms with E-state index in [1.807, 2.05) is 44.2 Å². The number of nitrogens with zero attached hydrogens (tertiary/aromatic N) is 4. The van der Waals surface area contributed by atoms with Crippen LogP contribution in [0.1, 0.15) is 18.3 Å². The summed E-state index contributed by atoms with van der Waals surface area (Å²) in [6.45, 7) is 3.95. The lowest BCUT2D eigenvalue weighted by atomic mass is 10.0. The second-order valence-corrected chi connectivity index (χ2v) is 4.77. The highest BCUT2D eigenvalue weighted by atomic mass is 16.2. The van der Waals surface area contributed by atoms with Crippen molar-refractivity contribution in [3.05, 3.63) is 60.2 Å². The van der Waals surface area contributed by atoms with Gasteiger partial charge in [0.2, 0.25) is 0 Å². The molecule has 0 atom stereocenters. The smallest absolute Gasteiger partial charge is 0.244 e. The Bertz CT molecular complexity index is 757. The van der Waals surface area contributed by atoms with Crippen molar-refractivity contribution in [3.63, 3.8) is 0 Å². The highest BCUT2D eigenvalue weighted by molar-refractivity contribution is 5.81. The maximum absolute atomic E-state index is 12.5. The van der Waals surface area contributed by atoms with Crippen molar-refractivity contribution >= 4 is 6.03 Å². The van der Waals surface area contributed by atoms with E-state index < -0.39 is 0 Å². The Hall–Kier alpha value is -2.69. The Labute approximate surface area is 122 Å². The molecule has 0 bridgehead atoms. The Morgan fingerprint density at radius 3 is 2.57 bits per heavy atom. The third-order valence-electron chi connectivity index (χ3n) is 3.43. The first-order chi connectivity index (χ1) is 10.2. The van der Waals surface area contributed by atoms with E-state index in [2.05, 4.69) is 10.2 Å². The van der Waals surface area contributed by atoms with Gasteiger partial charge in [0.1, 0.15) is 0 Å². The van der Waals surface area contributed by atoms with Gasteiger partial charge in [-0.1, -0.05) is 37.3 Å². The average molecular weight is 280 g/mol. The van der Waals surface area contributed by atoms with Crippen molar-refractivity contribution in [2.24, 2.45) is 0 Å². The van der Waals surface area contributed by atoms with Gasteiger partial charge < -0.3 is 0 Å². The van der Waals surface area contributed by atoms with Crippen LogP contribution >= 0.6 is 0 Å². The van der Waals surface area contributed by atoms with Crippen LogP contribution in [0.5, 0.6) is 0 Å². The van der Waals surface area contributed by atoms with Crippen LogP contribution in [0.4, 0.5) is 4.79 Å². The summed E-state index contributed by atoms with van der Waals surface area (Å²) in [5.74, 6) is 0. The van der Waals surface area contributed by atoms with E-state index in [0.29, 0.717) is 0 Å². The summed E-state index contributed by atoms with van der Waals surface area (Å²) in [5, 5.41) is 8.41. The maximum Gasteiger partial charge on any atom is 0.369 e. The van der Waals surface area contributed by atoms with Gasteiger partial charge in [0.25, 0.3) is 0 Å². The van der Waals surface area contributed by atoms with E-state index in [0.717, 1.165) is 28.9 Å². The van der Waals surface area contributed by atoms with Crippen molar-refractivity contribution in [3.8, 4) is 11.1 Å². The first-order valence-electron chi connectivity index (χ1n) is 6.90. The van der Waals surface area contributed by atoms with Crippen LogP contribution in [-0.4, -0.2) is 25.6 Å². The summed E-state index contributed by atoms with van der Waals surface area (Å²) < 4.78 is 2.74. The molecular weight excluding hydrogens is 264 g/mol. The maximum atomic E-state index is 12.5. The number of aryl methyl sites for hydroxylation is 1. The molecule has 0 N–H and O–H groups in total. The van der Waals surface area contributed by atoms with Crippen molar-refractivity contribution < 1.29 is 4.79 Å². The lowest BCUT2D eigenvalue weighted by Gasteiger charge is -2.06. The number of hydrogen-bond acceptors (Lipinski definition) is 3. The quantitative estimate of drug-likeness (QED) is 0.724. The molecule has 2 aromatic heterocycles. The first kappa shape index (κ1) is 13.3. The lowest BCUT2D eigenvalue weighted by molar-refractivity contribution is 0.237. The minimum absolute atomic E-state index is 0.262.